The van der Waals surface area contributed by atoms with Crippen molar-refractivity contribution < 1.29 is 9.85 Å². The average Bonchev–Trinajstić information content (AvgIpc) is 2.26. The molecule has 0 aliphatic carbocycles. The number of nitro benzene ring substituents is 2. The Morgan fingerprint density at radius 3 is 2.41 bits per heavy atom. The van der Waals surface area contributed by atoms with E-state index in [1.807, 2.05) is 0 Å². The van der Waals surface area contributed by atoms with Gasteiger partial charge >= 0.3 is 0 Å². The minimum atomic E-state index is -0.660. The maximum absolute atomic E-state index is 10.8. The molecule has 0 heterocycles. The summed E-state index contributed by atoms with van der Waals surface area (Å²) in [5.41, 5.74) is 5.39. The fourth-order valence-electron chi connectivity index (χ4n) is 1.43. The van der Waals surface area contributed by atoms with Crippen LogP contribution < -0.4 is 11.1 Å². The lowest BCUT2D eigenvalue weighted by atomic mass is 10.1. The van der Waals surface area contributed by atoms with Crippen LogP contribution in [0.15, 0.2) is 12.1 Å². The predicted molar refractivity (Wildman–Crippen MR) is 62.0 cm³/mol. The summed E-state index contributed by atoms with van der Waals surface area (Å²) in [7, 11) is 0. The van der Waals surface area contributed by atoms with Crippen LogP contribution >= 0.6 is 0 Å². The number of aryl methyl sites for hydroxylation is 1. The molecular weight excluding hydrogens is 228 g/mol. The summed E-state index contributed by atoms with van der Waals surface area (Å²) in [6, 6.07) is 2.22. The Morgan fingerprint density at radius 2 is 1.94 bits per heavy atom. The molecule has 0 radical (unpaired) electrons. The molecule has 0 fully saturated rings. The van der Waals surface area contributed by atoms with Crippen LogP contribution in [-0.2, 0) is 0 Å². The van der Waals surface area contributed by atoms with E-state index in [9.17, 15) is 20.2 Å². The molecule has 8 nitrogen and oxygen atoms in total. The number of non-ortho nitro benzene ring substituents is 1. The molecule has 3 N–H and O–H groups in total. The Labute approximate surface area is 96.7 Å². The standard InChI is InChI=1S/C9H12N4O4/c1-6-4-7(12(14)15)5-8(13(16)17)9(6)11-3-2-10/h4-5,11H,2-3,10H2,1H3. The van der Waals surface area contributed by atoms with Crippen LogP contribution in [0.3, 0.4) is 0 Å². The van der Waals surface area contributed by atoms with Gasteiger partial charge < -0.3 is 11.1 Å². The zero-order valence-electron chi connectivity index (χ0n) is 9.17. The van der Waals surface area contributed by atoms with E-state index >= 15 is 0 Å². The third-order valence-electron chi connectivity index (χ3n) is 2.15. The van der Waals surface area contributed by atoms with Gasteiger partial charge in [0.25, 0.3) is 11.4 Å². The number of hydrogen-bond acceptors (Lipinski definition) is 6. The van der Waals surface area contributed by atoms with Crippen LogP contribution in [0.25, 0.3) is 0 Å². The molecular formula is C9H12N4O4. The minimum absolute atomic E-state index is 0.269. The van der Waals surface area contributed by atoms with E-state index in [-0.39, 0.29) is 17.1 Å². The lowest BCUT2D eigenvalue weighted by Gasteiger charge is -2.08. The van der Waals surface area contributed by atoms with Gasteiger partial charge in [-0.1, -0.05) is 0 Å². The van der Waals surface area contributed by atoms with Gasteiger partial charge in [-0.15, -0.1) is 0 Å². The molecule has 92 valence electrons. The van der Waals surface area contributed by atoms with Crippen LogP contribution in [0.2, 0.25) is 0 Å². The monoisotopic (exact) mass is 240 g/mol. The summed E-state index contributed by atoms with van der Waals surface area (Å²) in [5, 5.41) is 24.2. The molecule has 0 spiro atoms. The van der Waals surface area contributed by atoms with Crippen molar-refractivity contribution in [1.82, 2.24) is 0 Å². The van der Waals surface area contributed by atoms with Crippen molar-refractivity contribution in [2.24, 2.45) is 5.73 Å². The van der Waals surface area contributed by atoms with E-state index in [1.165, 1.54) is 6.07 Å². The molecule has 0 saturated heterocycles. The summed E-state index contributed by atoms with van der Waals surface area (Å²) < 4.78 is 0. The molecule has 1 aromatic rings. The van der Waals surface area contributed by atoms with E-state index in [4.69, 9.17) is 5.73 Å². The molecule has 0 saturated carbocycles. The number of rotatable bonds is 5. The predicted octanol–water partition coefficient (Wildman–Crippen LogP) is 1.18. The topological polar surface area (TPSA) is 124 Å². The Balaban J connectivity index is 3.28. The van der Waals surface area contributed by atoms with E-state index < -0.39 is 9.85 Å². The summed E-state index contributed by atoms with van der Waals surface area (Å²) in [6.07, 6.45) is 0. The minimum Gasteiger partial charge on any atom is -0.378 e. The van der Waals surface area contributed by atoms with Crippen molar-refractivity contribution in [2.75, 3.05) is 18.4 Å². The molecule has 0 aliphatic heterocycles. The highest BCUT2D eigenvalue weighted by Crippen LogP contribution is 2.32. The molecule has 0 aromatic heterocycles. The first kappa shape index (κ1) is 12.8. The lowest BCUT2D eigenvalue weighted by Crippen LogP contribution is -2.15. The third kappa shape index (κ3) is 2.88. The smallest absolute Gasteiger partial charge is 0.299 e. The van der Waals surface area contributed by atoms with Gasteiger partial charge in [0.15, 0.2) is 0 Å². The fourth-order valence-corrected chi connectivity index (χ4v) is 1.43. The van der Waals surface area contributed by atoms with E-state index in [0.717, 1.165) is 6.07 Å². The van der Waals surface area contributed by atoms with E-state index in [0.29, 0.717) is 18.7 Å². The van der Waals surface area contributed by atoms with Crippen LogP contribution in [-0.4, -0.2) is 22.9 Å². The lowest BCUT2D eigenvalue weighted by molar-refractivity contribution is -0.393. The average molecular weight is 240 g/mol. The molecule has 0 atom stereocenters. The van der Waals surface area contributed by atoms with Gasteiger partial charge in [0.2, 0.25) is 0 Å². The quantitative estimate of drug-likeness (QED) is 0.588. The van der Waals surface area contributed by atoms with Gasteiger partial charge in [-0.2, -0.15) is 0 Å². The number of nitrogens with zero attached hydrogens (tertiary/aromatic N) is 2. The second kappa shape index (κ2) is 5.21. The first-order chi connectivity index (χ1) is 7.97. The number of nitro groups is 2. The number of anilines is 1. The van der Waals surface area contributed by atoms with Gasteiger partial charge in [0.1, 0.15) is 5.69 Å². The van der Waals surface area contributed by atoms with Gasteiger partial charge in [-0.25, -0.2) is 0 Å². The molecule has 0 aliphatic rings. The number of hydrogen-bond donors (Lipinski definition) is 2. The van der Waals surface area contributed by atoms with Gasteiger partial charge in [0, 0.05) is 19.2 Å². The zero-order valence-corrected chi connectivity index (χ0v) is 9.17. The maximum atomic E-state index is 10.8. The third-order valence-corrected chi connectivity index (χ3v) is 2.15. The fraction of sp³-hybridized carbons (Fsp3) is 0.333. The van der Waals surface area contributed by atoms with Crippen LogP contribution in [0.4, 0.5) is 17.1 Å². The van der Waals surface area contributed by atoms with Gasteiger partial charge in [-0.05, 0) is 12.5 Å². The van der Waals surface area contributed by atoms with Gasteiger partial charge in [0.05, 0.1) is 15.9 Å². The zero-order chi connectivity index (χ0) is 13.0. The summed E-state index contributed by atoms with van der Waals surface area (Å²) in [5.74, 6) is 0. The molecule has 1 aromatic carbocycles. The largest absolute Gasteiger partial charge is 0.378 e. The normalized spacial score (nSPS) is 10.0. The second-order valence-corrected chi connectivity index (χ2v) is 3.39. The second-order valence-electron chi connectivity index (χ2n) is 3.39. The van der Waals surface area contributed by atoms with Crippen LogP contribution in [0, 0.1) is 27.2 Å². The van der Waals surface area contributed by atoms with Crippen molar-refractivity contribution in [3.8, 4) is 0 Å². The molecule has 1 rings (SSSR count). The Hall–Kier alpha value is -2.22. The maximum Gasteiger partial charge on any atom is 0.299 e. The van der Waals surface area contributed by atoms with E-state index in [1.54, 1.807) is 6.92 Å². The van der Waals surface area contributed by atoms with Crippen LogP contribution in [0.1, 0.15) is 5.56 Å². The first-order valence-electron chi connectivity index (χ1n) is 4.84. The van der Waals surface area contributed by atoms with Crippen molar-refractivity contribution in [3.63, 3.8) is 0 Å². The van der Waals surface area contributed by atoms with Crippen molar-refractivity contribution in [1.29, 1.82) is 0 Å². The summed E-state index contributed by atoms with van der Waals surface area (Å²) in [6.45, 7) is 2.24. The molecule has 0 amide bonds. The highest BCUT2D eigenvalue weighted by Gasteiger charge is 2.21. The summed E-state index contributed by atoms with van der Waals surface area (Å²) >= 11 is 0. The van der Waals surface area contributed by atoms with Crippen LogP contribution in [0.5, 0.6) is 0 Å². The van der Waals surface area contributed by atoms with Crippen molar-refractivity contribution in [2.45, 2.75) is 6.92 Å². The SMILES string of the molecule is Cc1cc([N+](=O)[O-])cc([N+](=O)[O-])c1NCCN. The molecule has 17 heavy (non-hydrogen) atoms. The van der Waals surface area contributed by atoms with Gasteiger partial charge in [-0.3, -0.25) is 20.2 Å². The Kier molecular flexibility index (Phi) is 3.94. The molecule has 0 unspecified atom stereocenters. The number of benzene rings is 1. The molecule has 0 bridgehead atoms. The highest BCUT2D eigenvalue weighted by atomic mass is 16.6. The van der Waals surface area contributed by atoms with Crippen molar-refractivity contribution in [3.05, 3.63) is 37.9 Å². The van der Waals surface area contributed by atoms with E-state index in [2.05, 4.69) is 5.32 Å². The number of nitrogens with one attached hydrogen (secondary N) is 1. The van der Waals surface area contributed by atoms with Crippen molar-refractivity contribution >= 4 is 17.1 Å². The summed E-state index contributed by atoms with van der Waals surface area (Å²) in [4.78, 5) is 20.1. The Morgan fingerprint density at radius 1 is 1.29 bits per heavy atom. The Bertz CT molecular complexity index is 461. The molecule has 8 heteroatoms. The first-order valence-corrected chi connectivity index (χ1v) is 4.84. The number of nitrogens with two attached hydrogens (primary N) is 1. The highest BCUT2D eigenvalue weighted by molar-refractivity contribution is 5.69.